The standard InChI is InChI=1S/C11H6ClIN4/c12-8-3-7(4-14)1-2-10(8)17-11-9(13)5-15-6-16-11/h1-3,5-6H,(H,15,16,17). The van der Waals surface area contributed by atoms with E-state index in [4.69, 9.17) is 16.9 Å². The largest absolute Gasteiger partial charge is 0.338 e. The van der Waals surface area contributed by atoms with E-state index < -0.39 is 0 Å². The van der Waals surface area contributed by atoms with Crippen LogP contribution >= 0.6 is 34.2 Å². The molecule has 0 aliphatic heterocycles. The van der Waals surface area contributed by atoms with E-state index in [0.717, 1.165) is 3.57 Å². The van der Waals surface area contributed by atoms with Crippen molar-refractivity contribution in [1.82, 2.24) is 9.97 Å². The Morgan fingerprint density at radius 1 is 1.41 bits per heavy atom. The SMILES string of the molecule is N#Cc1ccc(Nc2ncncc2I)c(Cl)c1. The highest BCUT2D eigenvalue weighted by Crippen LogP contribution is 2.27. The third-order valence-electron chi connectivity index (χ3n) is 2.02. The summed E-state index contributed by atoms with van der Waals surface area (Å²) in [6.07, 6.45) is 3.16. The van der Waals surface area contributed by atoms with E-state index in [2.05, 4.69) is 37.9 Å². The van der Waals surface area contributed by atoms with E-state index >= 15 is 0 Å². The van der Waals surface area contributed by atoms with Gasteiger partial charge >= 0.3 is 0 Å². The van der Waals surface area contributed by atoms with Crippen LogP contribution in [0.2, 0.25) is 5.02 Å². The summed E-state index contributed by atoms with van der Waals surface area (Å²) in [7, 11) is 0. The molecule has 1 aromatic carbocycles. The molecule has 0 aliphatic carbocycles. The zero-order valence-electron chi connectivity index (χ0n) is 8.48. The van der Waals surface area contributed by atoms with Gasteiger partial charge in [0.05, 0.1) is 25.9 Å². The Kier molecular flexibility index (Phi) is 3.76. The van der Waals surface area contributed by atoms with Crippen molar-refractivity contribution in [2.75, 3.05) is 5.32 Å². The van der Waals surface area contributed by atoms with Crippen LogP contribution in [0.3, 0.4) is 0 Å². The fraction of sp³-hybridized carbons (Fsp3) is 0. The van der Waals surface area contributed by atoms with Gasteiger partial charge in [0.1, 0.15) is 12.1 Å². The van der Waals surface area contributed by atoms with Crippen LogP contribution in [0.15, 0.2) is 30.7 Å². The summed E-state index contributed by atoms with van der Waals surface area (Å²) in [6.45, 7) is 0. The number of hydrogen-bond acceptors (Lipinski definition) is 4. The molecule has 0 saturated heterocycles. The first-order valence-corrected chi connectivity index (χ1v) is 6.08. The van der Waals surface area contributed by atoms with Crippen LogP contribution < -0.4 is 5.32 Å². The van der Waals surface area contributed by atoms with Gasteiger partial charge in [-0.05, 0) is 40.8 Å². The molecule has 0 unspecified atom stereocenters. The van der Waals surface area contributed by atoms with E-state index in [-0.39, 0.29) is 0 Å². The summed E-state index contributed by atoms with van der Waals surface area (Å²) in [5.74, 6) is 0.687. The Hall–Kier alpha value is -1.39. The quantitative estimate of drug-likeness (QED) is 0.838. The van der Waals surface area contributed by atoms with Crippen molar-refractivity contribution in [1.29, 1.82) is 5.26 Å². The summed E-state index contributed by atoms with van der Waals surface area (Å²) in [4.78, 5) is 8.01. The molecule has 6 heteroatoms. The van der Waals surface area contributed by atoms with Gasteiger partial charge < -0.3 is 5.32 Å². The highest BCUT2D eigenvalue weighted by molar-refractivity contribution is 14.1. The fourth-order valence-corrected chi connectivity index (χ4v) is 1.88. The Balaban J connectivity index is 2.32. The second-order valence-electron chi connectivity index (χ2n) is 3.15. The zero-order chi connectivity index (χ0) is 12.3. The van der Waals surface area contributed by atoms with Gasteiger partial charge in [-0.25, -0.2) is 9.97 Å². The lowest BCUT2D eigenvalue weighted by molar-refractivity contribution is 1.15. The normalized spacial score (nSPS) is 9.71. The maximum atomic E-state index is 8.74. The van der Waals surface area contributed by atoms with Gasteiger partial charge in [-0.2, -0.15) is 5.26 Å². The lowest BCUT2D eigenvalue weighted by Gasteiger charge is -2.08. The lowest BCUT2D eigenvalue weighted by Crippen LogP contribution is -1.97. The molecule has 0 atom stereocenters. The van der Waals surface area contributed by atoms with E-state index in [1.165, 1.54) is 6.33 Å². The first-order valence-electron chi connectivity index (χ1n) is 4.63. The smallest absolute Gasteiger partial charge is 0.147 e. The highest BCUT2D eigenvalue weighted by atomic mass is 127. The number of nitriles is 1. The Bertz CT molecular complexity index is 594. The second kappa shape index (κ2) is 5.29. The van der Waals surface area contributed by atoms with Crippen molar-refractivity contribution in [2.45, 2.75) is 0 Å². The lowest BCUT2D eigenvalue weighted by atomic mass is 10.2. The van der Waals surface area contributed by atoms with Crippen LogP contribution in [0, 0.1) is 14.9 Å². The monoisotopic (exact) mass is 356 g/mol. The molecule has 0 amide bonds. The molecular formula is C11H6ClIN4. The molecule has 2 aromatic rings. The van der Waals surface area contributed by atoms with Crippen LogP contribution in [-0.4, -0.2) is 9.97 Å². The van der Waals surface area contributed by atoms with E-state index in [1.807, 2.05) is 6.07 Å². The first-order chi connectivity index (χ1) is 8.20. The van der Waals surface area contributed by atoms with Gasteiger partial charge in [0.2, 0.25) is 0 Å². The Morgan fingerprint density at radius 2 is 2.24 bits per heavy atom. The van der Waals surface area contributed by atoms with Gasteiger partial charge in [-0.3, -0.25) is 0 Å². The number of halogens is 2. The molecule has 0 bridgehead atoms. The number of benzene rings is 1. The summed E-state index contributed by atoms with van der Waals surface area (Å²) in [5.41, 5.74) is 1.24. The molecule has 1 heterocycles. The van der Waals surface area contributed by atoms with Crippen LogP contribution in [-0.2, 0) is 0 Å². The Morgan fingerprint density at radius 3 is 2.88 bits per heavy atom. The predicted octanol–water partition coefficient (Wildman–Crippen LogP) is 3.35. The summed E-state index contributed by atoms with van der Waals surface area (Å²) < 4.78 is 0.894. The molecule has 0 saturated carbocycles. The van der Waals surface area contributed by atoms with Crippen molar-refractivity contribution in [3.63, 3.8) is 0 Å². The number of nitrogens with zero attached hydrogens (tertiary/aromatic N) is 3. The topological polar surface area (TPSA) is 61.6 Å². The van der Waals surface area contributed by atoms with Gasteiger partial charge in [-0.1, -0.05) is 11.6 Å². The van der Waals surface area contributed by atoms with E-state index in [9.17, 15) is 0 Å². The Labute approximate surface area is 117 Å². The molecule has 17 heavy (non-hydrogen) atoms. The highest BCUT2D eigenvalue weighted by Gasteiger charge is 2.05. The molecule has 1 N–H and O–H groups in total. The number of aromatic nitrogens is 2. The second-order valence-corrected chi connectivity index (χ2v) is 4.72. The number of hydrogen-bond donors (Lipinski definition) is 1. The molecule has 0 fully saturated rings. The molecule has 2 rings (SSSR count). The molecule has 1 aromatic heterocycles. The van der Waals surface area contributed by atoms with Crippen molar-refractivity contribution in [3.8, 4) is 6.07 Å². The third-order valence-corrected chi connectivity index (χ3v) is 3.12. The minimum Gasteiger partial charge on any atom is -0.338 e. The molecule has 84 valence electrons. The summed E-state index contributed by atoms with van der Waals surface area (Å²) in [5, 5.41) is 12.3. The van der Waals surface area contributed by atoms with E-state index in [0.29, 0.717) is 22.1 Å². The number of nitrogens with one attached hydrogen (secondary N) is 1. The molecule has 0 aliphatic rings. The van der Waals surface area contributed by atoms with Gasteiger partial charge in [0.15, 0.2) is 0 Å². The fourth-order valence-electron chi connectivity index (χ4n) is 1.22. The maximum Gasteiger partial charge on any atom is 0.147 e. The maximum absolute atomic E-state index is 8.74. The van der Waals surface area contributed by atoms with Crippen LogP contribution in [0.25, 0.3) is 0 Å². The van der Waals surface area contributed by atoms with Crippen molar-refractivity contribution in [3.05, 3.63) is 44.9 Å². The average molecular weight is 357 g/mol. The summed E-state index contributed by atoms with van der Waals surface area (Å²) in [6, 6.07) is 7.09. The zero-order valence-corrected chi connectivity index (χ0v) is 11.4. The van der Waals surface area contributed by atoms with Crippen molar-refractivity contribution in [2.24, 2.45) is 0 Å². The van der Waals surface area contributed by atoms with Gasteiger partial charge in [0.25, 0.3) is 0 Å². The minimum absolute atomic E-state index is 0.485. The van der Waals surface area contributed by atoms with Crippen LogP contribution in [0.5, 0.6) is 0 Å². The molecule has 0 spiro atoms. The molecule has 0 radical (unpaired) electrons. The van der Waals surface area contributed by atoms with Crippen LogP contribution in [0.1, 0.15) is 5.56 Å². The van der Waals surface area contributed by atoms with Crippen molar-refractivity contribution < 1.29 is 0 Å². The predicted molar refractivity (Wildman–Crippen MR) is 74.2 cm³/mol. The first kappa shape index (κ1) is 12.1. The average Bonchev–Trinajstić information content (AvgIpc) is 2.34. The molecular weight excluding hydrogens is 351 g/mol. The van der Waals surface area contributed by atoms with Gasteiger partial charge in [0, 0.05) is 6.20 Å². The van der Waals surface area contributed by atoms with E-state index in [1.54, 1.807) is 24.4 Å². The van der Waals surface area contributed by atoms with Crippen molar-refractivity contribution >= 4 is 45.7 Å². The summed E-state index contributed by atoms with van der Waals surface area (Å²) >= 11 is 8.18. The molecule has 4 nitrogen and oxygen atoms in total. The number of rotatable bonds is 2. The number of anilines is 2. The van der Waals surface area contributed by atoms with Crippen LogP contribution in [0.4, 0.5) is 11.5 Å². The third kappa shape index (κ3) is 2.84. The minimum atomic E-state index is 0.485. The van der Waals surface area contributed by atoms with Gasteiger partial charge in [-0.15, -0.1) is 0 Å².